The molecule has 0 spiro atoms. The molecule has 0 aliphatic heterocycles. The predicted octanol–water partition coefficient (Wildman–Crippen LogP) is 3.71. The first kappa shape index (κ1) is 20.2. The van der Waals surface area contributed by atoms with Crippen LogP contribution in [0.15, 0.2) is 36.1 Å². The number of pyridine rings is 1. The Morgan fingerprint density at radius 1 is 1.39 bits per heavy atom. The zero-order valence-corrected chi connectivity index (χ0v) is 16.8. The van der Waals surface area contributed by atoms with Crippen molar-refractivity contribution in [3.63, 3.8) is 0 Å². The van der Waals surface area contributed by atoms with Crippen LogP contribution in [-0.4, -0.2) is 42.8 Å². The number of nitrogens with one attached hydrogen (secondary N) is 2. The standard InChI is InChI=1S/C19H25N5O3S/c1-4-10-20-18(25)14-11-21-19(28(3,26)27)24-17(14)23-15-9-8-13-7-6-12(5-2)16(13)22-15/h4,8-9,11-12,26-27H,1,5-7,10H2,2-3H3,(H,20,25)(H,21,22,23,24). The number of anilines is 2. The van der Waals surface area contributed by atoms with Gasteiger partial charge in [-0.2, -0.15) is 4.98 Å². The molecule has 0 fully saturated rings. The second kappa shape index (κ2) is 8.26. The summed E-state index contributed by atoms with van der Waals surface area (Å²) in [6.45, 7) is 6.01. The number of aromatic nitrogens is 3. The van der Waals surface area contributed by atoms with Crippen LogP contribution in [0, 0.1) is 0 Å². The first-order valence-electron chi connectivity index (χ1n) is 9.09. The summed E-state index contributed by atoms with van der Waals surface area (Å²) in [6.07, 6.45) is 7.21. The minimum Gasteiger partial charge on any atom is -0.348 e. The number of amides is 1. The summed E-state index contributed by atoms with van der Waals surface area (Å²) in [5, 5.41) is 5.60. The molecule has 1 aliphatic rings. The van der Waals surface area contributed by atoms with Crippen LogP contribution in [0.3, 0.4) is 0 Å². The molecule has 8 nitrogen and oxygen atoms in total. The molecule has 2 heterocycles. The lowest BCUT2D eigenvalue weighted by molar-refractivity contribution is 0.0958. The molecule has 0 saturated heterocycles. The van der Waals surface area contributed by atoms with Crippen molar-refractivity contribution in [2.24, 2.45) is 0 Å². The Morgan fingerprint density at radius 2 is 2.18 bits per heavy atom. The van der Waals surface area contributed by atoms with Crippen molar-refractivity contribution in [2.75, 3.05) is 18.1 Å². The Balaban J connectivity index is 1.97. The molecule has 3 rings (SSSR count). The van der Waals surface area contributed by atoms with E-state index in [9.17, 15) is 13.9 Å². The molecule has 1 atom stereocenters. The van der Waals surface area contributed by atoms with E-state index in [1.165, 1.54) is 18.0 Å². The predicted molar refractivity (Wildman–Crippen MR) is 110 cm³/mol. The third-order valence-corrected chi connectivity index (χ3v) is 5.55. The minimum absolute atomic E-state index is 0.136. The van der Waals surface area contributed by atoms with Crippen molar-refractivity contribution in [1.29, 1.82) is 0 Å². The minimum atomic E-state index is -3.13. The molecule has 0 saturated carbocycles. The van der Waals surface area contributed by atoms with Crippen molar-refractivity contribution < 1.29 is 13.9 Å². The lowest BCUT2D eigenvalue weighted by Gasteiger charge is -2.24. The van der Waals surface area contributed by atoms with Gasteiger partial charge in [0.1, 0.15) is 17.2 Å². The van der Waals surface area contributed by atoms with Gasteiger partial charge in [-0.1, -0.05) is 19.1 Å². The summed E-state index contributed by atoms with van der Waals surface area (Å²) in [7, 11) is -3.13. The third-order valence-electron chi connectivity index (χ3n) is 4.66. The fourth-order valence-electron chi connectivity index (χ4n) is 3.20. The van der Waals surface area contributed by atoms with Crippen LogP contribution >= 0.6 is 10.6 Å². The number of carbonyl (C=O) groups is 1. The van der Waals surface area contributed by atoms with E-state index in [2.05, 4.69) is 34.1 Å². The first-order valence-corrected chi connectivity index (χ1v) is 11.0. The normalized spacial score (nSPS) is 16.4. The highest BCUT2D eigenvalue weighted by Gasteiger charge is 2.24. The van der Waals surface area contributed by atoms with Gasteiger partial charge in [0, 0.05) is 30.6 Å². The van der Waals surface area contributed by atoms with E-state index >= 15 is 0 Å². The molecule has 1 unspecified atom stereocenters. The molecule has 2 aromatic rings. The van der Waals surface area contributed by atoms with Gasteiger partial charge in [0.05, 0.1) is 0 Å². The number of carbonyl (C=O) groups excluding carboxylic acids is 1. The summed E-state index contributed by atoms with van der Waals surface area (Å²) in [5.74, 6) is 0.755. The molecule has 0 radical (unpaired) electrons. The van der Waals surface area contributed by atoms with E-state index in [4.69, 9.17) is 4.98 Å². The average Bonchev–Trinajstić information content (AvgIpc) is 3.07. The summed E-state index contributed by atoms with van der Waals surface area (Å²) in [5.41, 5.74) is 2.50. The van der Waals surface area contributed by atoms with E-state index < -0.39 is 16.5 Å². The topological polar surface area (TPSA) is 120 Å². The summed E-state index contributed by atoms with van der Waals surface area (Å²) < 4.78 is 19.8. The van der Waals surface area contributed by atoms with Crippen LogP contribution in [0.1, 0.15) is 47.3 Å². The van der Waals surface area contributed by atoms with Gasteiger partial charge in [-0.3, -0.25) is 13.9 Å². The Hall–Kier alpha value is -2.49. The van der Waals surface area contributed by atoms with E-state index in [0.29, 0.717) is 11.7 Å². The van der Waals surface area contributed by atoms with Gasteiger partial charge in [-0.25, -0.2) is 9.97 Å². The van der Waals surface area contributed by atoms with E-state index in [1.807, 2.05) is 12.1 Å². The maximum absolute atomic E-state index is 12.4. The van der Waals surface area contributed by atoms with Gasteiger partial charge in [0.2, 0.25) is 5.16 Å². The van der Waals surface area contributed by atoms with Crippen molar-refractivity contribution >= 4 is 28.1 Å². The van der Waals surface area contributed by atoms with E-state index in [-0.39, 0.29) is 23.1 Å². The highest BCUT2D eigenvalue weighted by Crippen LogP contribution is 2.42. The Kier molecular flexibility index (Phi) is 5.97. The van der Waals surface area contributed by atoms with Crippen LogP contribution in [0.2, 0.25) is 0 Å². The monoisotopic (exact) mass is 403 g/mol. The lowest BCUT2D eigenvalue weighted by Crippen LogP contribution is -2.25. The Labute approximate surface area is 165 Å². The van der Waals surface area contributed by atoms with Crippen molar-refractivity contribution in [1.82, 2.24) is 20.3 Å². The maximum Gasteiger partial charge on any atom is 0.256 e. The molecule has 0 aromatic carbocycles. The molecular weight excluding hydrogens is 378 g/mol. The van der Waals surface area contributed by atoms with Crippen molar-refractivity contribution in [3.8, 4) is 0 Å². The first-order chi connectivity index (χ1) is 13.3. The molecule has 1 aliphatic carbocycles. The fourth-order valence-corrected chi connectivity index (χ4v) is 3.71. The van der Waals surface area contributed by atoms with Crippen LogP contribution in [-0.2, 0) is 6.42 Å². The number of fused-ring (bicyclic) bond motifs is 1. The second-order valence-electron chi connectivity index (χ2n) is 6.76. The molecular formula is C19H25N5O3S. The number of nitrogens with zero attached hydrogens (tertiary/aromatic N) is 3. The number of hydrogen-bond donors (Lipinski definition) is 4. The van der Waals surface area contributed by atoms with Gasteiger partial charge in [-0.05, 0) is 30.9 Å². The molecule has 1 amide bonds. The quantitative estimate of drug-likeness (QED) is 0.411. The summed E-state index contributed by atoms with van der Waals surface area (Å²) >= 11 is 0. The van der Waals surface area contributed by atoms with Gasteiger partial charge in [-0.15, -0.1) is 17.2 Å². The maximum atomic E-state index is 12.4. The number of hydrogen-bond acceptors (Lipinski definition) is 7. The highest BCUT2D eigenvalue weighted by atomic mass is 32.3. The summed E-state index contributed by atoms with van der Waals surface area (Å²) in [6, 6.07) is 3.88. The number of rotatable bonds is 7. The van der Waals surface area contributed by atoms with Gasteiger partial charge in [0.15, 0.2) is 0 Å². The van der Waals surface area contributed by atoms with Crippen molar-refractivity contribution in [3.05, 3.63) is 47.8 Å². The van der Waals surface area contributed by atoms with E-state index in [1.54, 1.807) is 6.08 Å². The van der Waals surface area contributed by atoms with E-state index in [0.717, 1.165) is 25.0 Å². The SMILES string of the molecule is C=CCNC(=O)c1cnc(S(C)(O)O)nc1Nc1ccc2c(n1)C(CC)CC2. The largest absolute Gasteiger partial charge is 0.348 e. The summed E-state index contributed by atoms with van der Waals surface area (Å²) in [4.78, 5) is 25.3. The van der Waals surface area contributed by atoms with Crippen LogP contribution in [0.5, 0.6) is 0 Å². The molecule has 2 aromatic heterocycles. The van der Waals surface area contributed by atoms with Gasteiger partial charge in [0.25, 0.3) is 5.91 Å². The smallest absolute Gasteiger partial charge is 0.256 e. The Morgan fingerprint density at radius 3 is 2.86 bits per heavy atom. The second-order valence-corrected chi connectivity index (χ2v) is 8.79. The van der Waals surface area contributed by atoms with Gasteiger partial charge >= 0.3 is 0 Å². The molecule has 9 heteroatoms. The number of aryl methyl sites for hydroxylation is 1. The molecule has 4 N–H and O–H groups in total. The molecule has 28 heavy (non-hydrogen) atoms. The van der Waals surface area contributed by atoms with Gasteiger partial charge < -0.3 is 10.6 Å². The zero-order valence-electron chi connectivity index (χ0n) is 16.0. The highest BCUT2D eigenvalue weighted by molar-refractivity contribution is 8.23. The fraction of sp³-hybridized carbons (Fsp3) is 0.368. The molecule has 0 bridgehead atoms. The average molecular weight is 404 g/mol. The molecule has 150 valence electrons. The third kappa shape index (κ3) is 4.32. The Bertz CT molecular complexity index is 898. The van der Waals surface area contributed by atoms with Crippen molar-refractivity contribution in [2.45, 2.75) is 37.3 Å². The van der Waals surface area contributed by atoms with Crippen LogP contribution < -0.4 is 10.6 Å². The van der Waals surface area contributed by atoms with Crippen LogP contribution in [0.4, 0.5) is 11.6 Å². The zero-order chi connectivity index (χ0) is 20.3. The van der Waals surface area contributed by atoms with Crippen LogP contribution in [0.25, 0.3) is 0 Å². The lowest BCUT2D eigenvalue weighted by atomic mass is 10.0.